The molecule has 1 atom stereocenters. The van der Waals surface area contributed by atoms with Crippen molar-refractivity contribution >= 4 is 11.6 Å². The summed E-state index contributed by atoms with van der Waals surface area (Å²) in [5, 5.41) is 0. The predicted molar refractivity (Wildman–Crippen MR) is 94.9 cm³/mol. The first-order valence-electron chi connectivity index (χ1n) is 8.35. The highest BCUT2D eigenvalue weighted by atomic mass is 16.5. The Morgan fingerprint density at radius 3 is 2.79 bits per heavy atom. The number of para-hydroxylation sites is 2. The zero-order valence-electron chi connectivity index (χ0n) is 14.4. The van der Waals surface area contributed by atoms with E-state index in [1.165, 1.54) is 0 Å². The van der Waals surface area contributed by atoms with Crippen molar-refractivity contribution in [1.29, 1.82) is 0 Å². The summed E-state index contributed by atoms with van der Waals surface area (Å²) in [5.41, 5.74) is 3.04. The summed E-state index contributed by atoms with van der Waals surface area (Å²) in [4.78, 5) is 14.5. The van der Waals surface area contributed by atoms with Crippen LogP contribution in [0.2, 0.25) is 0 Å². The molecule has 0 saturated carbocycles. The Morgan fingerprint density at radius 1 is 1.21 bits per heavy atom. The van der Waals surface area contributed by atoms with E-state index in [4.69, 9.17) is 9.47 Å². The summed E-state index contributed by atoms with van der Waals surface area (Å²) in [5.74, 6) is 1.47. The number of amides is 1. The largest absolute Gasteiger partial charge is 0.486 e. The summed E-state index contributed by atoms with van der Waals surface area (Å²) in [7, 11) is 0. The normalized spacial score (nSPS) is 16.3. The molecule has 0 aliphatic carbocycles. The standard InChI is InChI=1S/C20H23NO3/c1-4-16-12-21(17-9-5-6-10-19(17)24-16)20(22)13-23-18-11-7-8-14(2)15(18)3/h5-11,16H,4,12-13H2,1-3H3. The van der Waals surface area contributed by atoms with Gasteiger partial charge in [0.25, 0.3) is 5.91 Å². The zero-order valence-corrected chi connectivity index (χ0v) is 14.4. The van der Waals surface area contributed by atoms with Gasteiger partial charge in [0, 0.05) is 0 Å². The highest BCUT2D eigenvalue weighted by Gasteiger charge is 2.28. The molecule has 0 fully saturated rings. The first-order valence-corrected chi connectivity index (χ1v) is 8.35. The van der Waals surface area contributed by atoms with Gasteiger partial charge >= 0.3 is 0 Å². The number of hydrogen-bond donors (Lipinski definition) is 0. The third-order valence-corrected chi connectivity index (χ3v) is 4.50. The molecular formula is C20H23NO3. The lowest BCUT2D eigenvalue weighted by Crippen LogP contribution is -2.45. The molecular weight excluding hydrogens is 302 g/mol. The fraction of sp³-hybridized carbons (Fsp3) is 0.350. The minimum absolute atomic E-state index is 0.0181. The molecule has 0 N–H and O–H groups in total. The lowest BCUT2D eigenvalue weighted by molar-refractivity contribution is -0.121. The van der Waals surface area contributed by atoms with E-state index in [1.54, 1.807) is 4.90 Å². The molecule has 0 radical (unpaired) electrons. The third kappa shape index (κ3) is 3.23. The molecule has 2 aromatic rings. The van der Waals surface area contributed by atoms with Crippen LogP contribution >= 0.6 is 0 Å². The van der Waals surface area contributed by atoms with E-state index >= 15 is 0 Å². The summed E-state index contributed by atoms with van der Waals surface area (Å²) in [6.07, 6.45) is 0.875. The Kier molecular flexibility index (Phi) is 4.74. The molecule has 4 nitrogen and oxygen atoms in total. The number of ether oxygens (including phenoxy) is 2. The van der Waals surface area contributed by atoms with Crippen LogP contribution in [-0.2, 0) is 4.79 Å². The van der Waals surface area contributed by atoms with E-state index in [0.717, 1.165) is 34.7 Å². The fourth-order valence-corrected chi connectivity index (χ4v) is 2.85. The number of anilines is 1. The molecule has 0 spiro atoms. The van der Waals surface area contributed by atoms with Crippen LogP contribution < -0.4 is 14.4 Å². The number of benzene rings is 2. The lowest BCUT2D eigenvalue weighted by Gasteiger charge is -2.34. The van der Waals surface area contributed by atoms with Gasteiger partial charge in [0.1, 0.15) is 17.6 Å². The van der Waals surface area contributed by atoms with E-state index in [1.807, 2.05) is 56.3 Å². The van der Waals surface area contributed by atoms with Gasteiger partial charge < -0.3 is 14.4 Å². The van der Waals surface area contributed by atoms with Crippen molar-refractivity contribution in [3.05, 3.63) is 53.6 Å². The van der Waals surface area contributed by atoms with Crippen molar-refractivity contribution in [3.63, 3.8) is 0 Å². The van der Waals surface area contributed by atoms with Gasteiger partial charge in [-0.1, -0.05) is 31.2 Å². The fourth-order valence-electron chi connectivity index (χ4n) is 2.85. The number of nitrogens with zero attached hydrogens (tertiary/aromatic N) is 1. The number of carbonyl (C=O) groups is 1. The number of rotatable bonds is 4. The smallest absolute Gasteiger partial charge is 0.265 e. The Balaban J connectivity index is 1.76. The van der Waals surface area contributed by atoms with Gasteiger partial charge in [0.2, 0.25) is 0 Å². The second kappa shape index (κ2) is 6.95. The average molecular weight is 325 g/mol. The predicted octanol–water partition coefficient (Wildman–Crippen LogP) is 3.89. The molecule has 0 saturated heterocycles. The highest BCUT2D eigenvalue weighted by Crippen LogP contribution is 2.33. The molecule has 3 rings (SSSR count). The highest BCUT2D eigenvalue weighted by molar-refractivity contribution is 5.96. The van der Waals surface area contributed by atoms with Gasteiger partial charge in [-0.15, -0.1) is 0 Å². The van der Waals surface area contributed by atoms with Gasteiger partial charge in [-0.25, -0.2) is 0 Å². The SMILES string of the molecule is CCC1CN(C(=O)COc2cccc(C)c2C)c2ccccc2O1. The van der Waals surface area contributed by atoms with E-state index in [-0.39, 0.29) is 18.6 Å². The van der Waals surface area contributed by atoms with Crippen molar-refractivity contribution in [1.82, 2.24) is 0 Å². The maximum absolute atomic E-state index is 12.7. The molecule has 0 bridgehead atoms. The van der Waals surface area contributed by atoms with Crippen LogP contribution in [0.3, 0.4) is 0 Å². The van der Waals surface area contributed by atoms with Crippen LogP contribution in [0.5, 0.6) is 11.5 Å². The maximum Gasteiger partial charge on any atom is 0.265 e. The van der Waals surface area contributed by atoms with Crippen molar-refractivity contribution in [2.45, 2.75) is 33.3 Å². The van der Waals surface area contributed by atoms with Crippen LogP contribution in [-0.4, -0.2) is 25.2 Å². The number of carbonyl (C=O) groups excluding carboxylic acids is 1. The van der Waals surface area contributed by atoms with Crippen molar-refractivity contribution in [2.24, 2.45) is 0 Å². The van der Waals surface area contributed by atoms with Gasteiger partial charge in [-0.05, 0) is 49.6 Å². The Labute approximate surface area is 143 Å². The van der Waals surface area contributed by atoms with Gasteiger partial charge in [0.15, 0.2) is 6.61 Å². The van der Waals surface area contributed by atoms with Crippen molar-refractivity contribution < 1.29 is 14.3 Å². The van der Waals surface area contributed by atoms with Crippen LogP contribution in [0.1, 0.15) is 24.5 Å². The quantitative estimate of drug-likeness (QED) is 0.856. The average Bonchev–Trinajstić information content (AvgIpc) is 2.61. The molecule has 1 heterocycles. The van der Waals surface area contributed by atoms with E-state index in [9.17, 15) is 4.79 Å². The first-order chi connectivity index (χ1) is 11.6. The van der Waals surface area contributed by atoms with Crippen LogP contribution in [0.25, 0.3) is 0 Å². The zero-order chi connectivity index (χ0) is 17.1. The van der Waals surface area contributed by atoms with Gasteiger partial charge in [-0.2, -0.15) is 0 Å². The monoisotopic (exact) mass is 325 g/mol. The molecule has 1 aliphatic rings. The minimum Gasteiger partial charge on any atom is -0.486 e. The Hall–Kier alpha value is -2.49. The molecule has 2 aromatic carbocycles. The van der Waals surface area contributed by atoms with Gasteiger partial charge in [0.05, 0.1) is 12.2 Å². The second-order valence-electron chi connectivity index (χ2n) is 6.11. The van der Waals surface area contributed by atoms with Gasteiger partial charge in [-0.3, -0.25) is 4.79 Å². The summed E-state index contributed by atoms with van der Waals surface area (Å²) < 4.78 is 11.7. The Bertz CT molecular complexity index is 741. The van der Waals surface area contributed by atoms with Crippen molar-refractivity contribution in [2.75, 3.05) is 18.1 Å². The maximum atomic E-state index is 12.7. The van der Waals surface area contributed by atoms with E-state index in [2.05, 4.69) is 6.92 Å². The molecule has 1 aliphatic heterocycles. The summed E-state index contributed by atoms with van der Waals surface area (Å²) in [6.45, 7) is 6.69. The van der Waals surface area contributed by atoms with Crippen LogP contribution in [0.4, 0.5) is 5.69 Å². The molecule has 1 amide bonds. The summed E-state index contributed by atoms with van der Waals surface area (Å²) in [6, 6.07) is 13.5. The van der Waals surface area contributed by atoms with Crippen LogP contribution in [0.15, 0.2) is 42.5 Å². The summed E-state index contributed by atoms with van der Waals surface area (Å²) >= 11 is 0. The third-order valence-electron chi connectivity index (χ3n) is 4.50. The van der Waals surface area contributed by atoms with E-state index < -0.39 is 0 Å². The number of fused-ring (bicyclic) bond motifs is 1. The molecule has 126 valence electrons. The molecule has 4 heteroatoms. The van der Waals surface area contributed by atoms with Crippen molar-refractivity contribution in [3.8, 4) is 11.5 Å². The van der Waals surface area contributed by atoms with E-state index in [0.29, 0.717) is 6.54 Å². The first kappa shape index (κ1) is 16.4. The molecule has 1 unspecified atom stereocenters. The van der Waals surface area contributed by atoms with Crippen LogP contribution in [0, 0.1) is 13.8 Å². The minimum atomic E-state index is -0.0508. The Morgan fingerprint density at radius 2 is 2.00 bits per heavy atom. The number of aryl methyl sites for hydroxylation is 1. The molecule has 24 heavy (non-hydrogen) atoms. The lowest BCUT2D eigenvalue weighted by atomic mass is 10.1. The number of hydrogen-bond acceptors (Lipinski definition) is 3. The molecule has 0 aromatic heterocycles. The second-order valence-corrected chi connectivity index (χ2v) is 6.11. The topological polar surface area (TPSA) is 38.8 Å².